The molecule has 0 heterocycles. The van der Waals surface area contributed by atoms with E-state index in [1.165, 1.54) is 7.11 Å². The summed E-state index contributed by atoms with van der Waals surface area (Å²) in [5.41, 5.74) is 8.83. The molecule has 0 aliphatic carbocycles. The lowest BCUT2D eigenvalue weighted by Crippen LogP contribution is -2.17. The van der Waals surface area contributed by atoms with Crippen molar-refractivity contribution in [1.29, 1.82) is 0 Å². The molecule has 4 nitrogen and oxygen atoms in total. The van der Waals surface area contributed by atoms with Crippen molar-refractivity contribution >= 4 is 5.97 Å². The van der Waals surface area contributed by atoms with Crippen LogP contribution in [0.15, 0.2) is 12.1 Å². The first-order valence-corrected chi connectivity index (χ1v) is 5.07. The van der Waals surface area contributed by atoms with Crippen molar-refractivity contribution in [3.8, 4) is 0 Å². The van der Waals surface area contributed by atoms with Crippen molar-refractivity contribution in [2.24, 2.45) is 5.73 Å². The highest BCUT2D eigenvalue weighted by atomic mass is 16.5. The Bertz CT molecular complexity index is 401. The summed E-state index contributed by atoms with van der Waals surface area (Å²) in [6.07, 6.45) is 0. The Kier molecular flexibility index (Phi) is 4.04. The normalized spacial score (nSPS) is 12.3. The van der Waals surface area contributed by atoms with E-state index in [0.717, 1.165) is 16.7 Å². The van der Waals surface area contributed by atoms with Gasteiger partial charge in [0.25, 0.3) is 0 Å². The number of ether oxygens (including phenoxy) is 1. The van der Waals surface area contributed by atoms with Gasteiger partial charge < -0.3 is 15.6 Å². The number of carbonyl (C=O) groups is 1. The number of carbonyl (C=O) groups excluding carboxylic acids is 1. The van der Waals surface area contributed by atoms with Gasteiger partial charge in [0.15, 0.2) is 0 Å². The molecule has 4 heteroatoms. The summed E-state index contributed by atoms with van der Waals surface area (Å²) in [4.78, 5) is 11.5. The Labute approximate surface area is 95.0 Å². The Morgan fingerprint density at radius 3 is 2.56 bits per heavy atom. The maximum atomic E-state index is 11.5. The largest absolute Gasteiger partial charge is 0.465 e. The summed E-state index contributed by atoms with van der Waals surface area (Å²) < 4.78 is 4.68. The molecule has 88 valence electrons. The van der Waals surface area contributed by atoms with E-state index >= 15 is 0 Å². The quantitative estimate of drug-likeness (QED) is 0.752. The summed E-state index contributed by atoms with van der Waals surface area (Å²) in [5.74, 6) is -0.385. The first-order valence-electron chi connectivity index (χ1n) is 5.07. The van der Waals surface area contributed by atoms with Crippen molar-refractivity contribution in [3.63, 3.8) is 0 Å². The topological polar surface area (TPSA) is 72.5 Å². The zero-order chi connectivity index (χ0) is 12.3. The molecule has 1 unspecified atom stereocenters. The van der Waals surface area contributed by atoms with Gasteiger partial charge in [-0.15, -0.1) is 0 Å². The maximum Gasteiger partial charge on any atom is 0.338 e. The first kappa shape index (κ1) is 12.7. The molecule has 3 N–H and O–H groups in total. The lowest BCUT2D eigenvalue weighted by atomic mass is 9.96. The molecule has 0 aliphatic heterocycles. The molecular formula is C12H17NO3. The summed E-state index contributed by atoms with van der Waals surface area (Å²) in [7, 11) is 1.34. The fourth-order valence-electron chi connectivity index (χ4n) is 1.70. The third kappa shape index (κ3) is 2.40. The van der Waals surface area contributed by atoms with Gasteiger partial charge in [0.2, 0.25) is 0 Å². The minimum atomic E-state index is -0.469. The SMILES string of the molecule is COC(=O)c1cc(C(N)CO)c(C)cc1C. The molecule has 0 saturated carbocycles. The zero-order valence-corrected chi connectivity index (χ0v) is 9.78. The van der Waals surface area contributed by atoms with Gasteiger partial charge >= 0.3 is 5.97 Å². The minimum Gasteiger partial charge on any atom is -0.465 e. The van der Waals surface area contributed by atoms with Crippen LogP contribution in [0.3, 0.4) is 0 Å². The molecule has 0 radical (unpaired) electrons. The van der Waals surface area contributed by atoms with Crippen molar-refractivity contribution in [2.75, 3.05) is 13.7 Å². The van der Waals surface area contributed by atoms with Gasteiger partial charge in [-0.1, -0.05) is 6.07 Å². The van der Waals surface area contributed by atoms with Crippen LogP contribution >= 0.6 is 0 Å². The number of aryl methyl sites for hydroxylation is 2. The van der Waals surface area contributed by atoms with Crippen LogP contribution in [0.25, 0.3) is 0 Å². The van der Waals surface area contributed by atoms with Gasteiger partial charge in [-0.25, -0.2) is 4.79 Å². The Morgan fingerprint density at radius 1 is 1.44 bits per heavy atom. The molecule has 1 rings (SSSR count). The van der Waals surface area contributed by atoms with Crippen molar-refractivity contribution in [2.45, 2.75) is 19.9 Å². The number of rotatable bonds is 3. The molecule has 16 heavy (non-hydrogen) atoms. The van der Waals surface area contributed by atoms with Crippen LogP contribution in [-0.2, 0) is 4.74 Å². The van der Waals surface area contributed by atoms with Crippen LogP contribution in [0, 0.1) is 13.8 Å². The summed E-state index contributed by atoms with van der Waals surface area (Å²) >= 11 is 0. The highest BCUT2D eigenvalue weighted by molar-refractivity contribution is 5.91. The van der Waals surface area contributed by atoms with E-state index in [0.29, 0.717) is 5.56 Å². The maximum absolute atomic E-state index is 11.5. The van der Waals surface area contributed by atoms with E-state index in [1.54, 1.807) is 6.07 Å². The van der Waals surface area contributed by atoms with E-state index in [1.807, 2.05) is 19.9 Å². The molecular weight excluding hydrogens is 206 g/mol. The molecule has 1 atom stereocenters. The Balaban J connectivity index is 3.26. The second kappa shape index (κ2) is 5.09. The molecule has 0 aromatic heterocycles. The van der Waals surface area contributed by atoms with Crippen LogP contribution < -0.4 is 5.73 Å². The molecule has 1 aromatic rings. The molecule has 0 fully saturated rings. The van der Waals surface area contributed by atoms with Crippen molar-refractivity contribution in [1.82, 2.24) is 0 Å². The predicted octanol–water partition coefficient (Wildman–Crippen LogP) is 1.08. The van der Waals surface area contributed by atoms with E-state index in [2.05, 4.69) is 4.74 Å². The van der Waals surface area contributed by atoms with Crippen LogP contribution in [0.5, 0.6) is 0 Å². The van der Waals surface area contributed by atoms with Crippen LogP contribution in [0.2, 0.25) is 0 Å². The van der Waals surface area contributed by atoms with E-state index in [-0.39, 0.29) is 12.6 Å². The standard InChI is InChI=1S/C12H17NO3/c1-7-4-8(2)10(12(15)16-3)5-9(7)11(13)6-14/h4-5,11,14H,6,13H2,1-3H3. The van der Waals surface area contributed by atoms with E-state index in [4.69, 9.17) is 10.8 Å². The smallest absolute Gasteiger partial charge is 0.338 e. The Hall–Kier alpha value is -1.39. The number of aliphatic hydroxyl groups excluding tert-OH is 1. The minimum absolute atomic E-state index is 0.148. The van der Waals surface area contributed by atoms with Crippen molar-refractivity contribution in [3.05, 3.63) is 34.4 Å². The monoisotopic (exact) mass is 223 g/mol. The van der Waals surface area contributed by atoms with Gasteiger partial charge in [0.1, 0.15) is 0 Å². The second-order valence-corrected chi connectivity index (χ2v) is 3.80. The van der Waals surface area contributed by atoms with Gasteiger partial charge in [-0.2, -0.15) is 0 Å². The highest BCUT2D eigenvalue weighted by Crippen LogP contribution is 2.21. The van der Waals surface area contributed by atoms with Crippen LogP contribution in [0.4, 0.5) is 0 Å². The van der Waals surface area contributed by atoms with E-state index < -0.39 is 6.04 Å². The zero-order valence-electron chi connectivity index (χ0n) is 9.78. The summed E-state index contributed by atoms with van der Waals surface area (Å²) in [5, 5.41) is 9.03. The van der Waals surface area contributed by atoms with Gasteiger partial charge in [0, 0.05) is 0 Å². The third-order valence-corrected chi connectivity index (χ3v) is 2.61. The fourth-order valence-corrected chi connectivity index (χ4v) is 1.70. The number of nitrogens with two attached hydrogens (primary N) is 1. The molecule has 1 aromatic carbocycles. The van der Waals surface area contributed by atoms with Gasteiger partial charge in [-0.3, -0.25) is 0 Å². The van der Waals surface area contributed by atoms with Gasteiger partial charge in [0.05, 0.1) is 25.3 Å². The molecule has 0 bridgehead atoms. The van der Waals surface area contributed by atoms with Crippen molar-refractivity contribution < 1.29 is 14.6 Å². The molecule has 0 spiro atoms. The predicted molar refractivity (Wildman–Crippen MR) is 61.3 cm³/mol. The lowest BCUT2D eigenvalue weighted by molar-refractivity contribution is 0.0599. The number of esters is 1. The fraction of sp³-hybridized carbons (Fsp3) is 0.417. The van der Waals surface area contributed by atoms with Crippen LogP contribution in [0.1, 0.15) is 33.1 Å². The molecule has 0 amide bonds. The van der Waals surface area contributed by atoms with Crippen LogP contribution in [-0.4, -0.2) is 24.8 Å². The van der Waals surface area contributed by atoms with E-state index in [9.17, 15) is 4.79 Å². The number of hydrogen-bond donors (Lipinski definition) is 2. The average molecular weight is 223 g/mol. The van der Waals surface area contributed by atoms with Gasteiger partial charge in [-0.05, 0) is 36.6 Å². The molecule has 0 aliphatic rings. The highest BCUT2D eigenvalue weighted by Gasteiger charge is 2.15. The number of hydrogen-bond acceptors (Lipinski definition) is 4. The number of methoxy groups -OCH3 is 1. The molecule has 0 saturated heterocycles. The average Bonchev–Trinajstić information content (AvgIpc) is 2.27. The third-order valence-electron chi connectivity index (χ3n) is 2.61. The lowest BCUT2D eigenvalue weighted by Gasteiger charge is -2.15. The Morgan fingerprint density at radius 2 is 2.06 bits per heavy atom. The summed E-state index contributed by atoms with van der Waals surface area (Å²) in [6, 6.07) is 3.10. The number of aliphatic hydroxyl groups is 1. The number of benzene rings is 1. The first-order chi connectivity index (χ1) is 7.51. The second-order valence-electron chi connectivity index (χ2n) is 3.80. The summed E-state index contributed by atoms with van der Waals surface area (Å²) in [6.45, 7) is 3.59.